The number of ketones is 1. The Morgan fingerprint density at radius 1 is 0.938 bits per heavy atom. The van der Waals surface area contributed by atoms with Gasteiger partial charge in [-0.15, -0.1) is 0 Å². The average molecular weight is 424 g/mol. The van der Waals surface area contributed by atoms with Crippen LogP contribution in [0.5, 0.6) is 0 Å². The number of nitrogens with zero attached hydrogens (tertiary/aromatic N) is 2. The van der Waals surface area contributed by atoms with Crippen LogP contribution in [0.25, 0.3) is 6.08 Å². The molecule has 5 rings (SSSR count). The zero-order chi connectivity index (χ0) is 22.1. The molecule has 1 aliphatic heterocycles. The quantitative estimate of drug-likeness (QED) is 0.318. The maximum absolute atomic E-state index is 13.7. The molecule has 0 unspecified atom stereocenters. The number of benzene rings is 3. The van der Waals surface area contributed by atoms with Gasteiger partial charge in [-0.2, -0.15) is 0 Å². The summed E-state index contributed by atoms with van der Waals surface area (Å²) < 4.78 is 0. The zero-order valence-electron chi connectivity index (χ0n) is 17.1. The van der Waals surface area contributed by atoms with Gasteiger partial charge in [0.05, 0.1) is 10.6 Å². The van der Waals surface area contributed by atoms with Gasteiger partial charge in [0.25, 0.3) is 5.69 Å². The number of hydroxylamine groups is 1. The SMILES string of the molecule is O=C(c1ccc([N+](=O)[O-])cc1)[C@@H]1[C@H]2/C(=C/c3ccccc3)C=C[C@H]2ON1c1ccccc1. The number of non-ortho nitro benzene ring substituents is 1. The lowest BCUT2D eigenvalue weighted by atomic mass is 9.86. The number of nitro groups is 1. The van der Waals surface area contributed by atoms with Gasteiger partial charge in [0.1, 0.15) is 12.1 Å². The van der Waals surface area contributed by atoms with E-state index in [4.69, 9.17) is 4.84 Å². The standard InChI is InChI=1S/C26H20N2O4/c29-26(19-11-14-22(15-12-19)28(30)31)25-24-20(17-18-7-3-1-4-8-18)13-16-23(24)32-27(25)21-9-5-2-6-10-21/h1-17,23-25H/b20-17+/t23-,24+,25+/m1/s1. The van der Waals surface area contributed by atoms with Gasteiger partial charge >= 0.3 is 0 Å². The largest absolute Gasteiger partial charge is 0.292 e. The summed E-state index contributed by atoms with van der Waals surface area (Å²) in [5, 5.41) is 12.7. The highest BCUT2D eigenvalue weighted by atomic mass is 16.7. The summed E-state index contributed by atoms with van der Waals surface area (Å²) in [6.45, 7) is 0. The maximum Gasteiger partial charge on any atom is 0.269 e. The van der Waals surface area contributed by atoms with Crippen LogP contribution < -0.4 is 5.06 Å². The third-order valence-corrected chi connectivity index (χ3v) is 5.82. The predicted molar refractivity (Wildman–Crippen MR) is 122 cm³/mol. The van der Waals surface area contributed by atoms with Crippen molar-refractivity contribution in [3.05, 3.63) is 124 Å². The molecular weight excluding hydrogens is 404 g/mol. The van der Waals surface area contributed by atoms with Crippen molar-refractivity contribution in [2.75, 3.05) is 5.06 Å². The minimum atomic E-state index is -0.603. The molecule has 3 atom stereocenters. The molecule has 6 nitrogen and oxygen atoms in total. The van der Waals surface area contributed by atoms with Crippen LogP contribution in [0.15, 0.2) is 103 Å². The summed E-state index contributed by atoms with van der Waals surface area (Å²) in [7, 11) is 0. The monoisotopic (exact) mass is 424 g/mol. The van der Waals surface area contributed by atoms with Crippen molar-refractivity contribution in [1.82, 2.24) is 0 Å². The number of carbonyl (C=O) groups is 1. The van der Waals surface area contributed by atoms with Gasteiger partial charge in [0, 0.05) is 23.6 Å². The summed E-state index contributed by atoms with van der Waals surface area (Å²) in [5.74, 6) is -0.336. The third kappa shape index (κ3) is 3.61. The number of allylic oxidation sites excluding steroid dienone is 1. The molecular formula is C26H20N2O4. The fourth-order valence-electron chi connectivity index (χ4n) is 4.30. The molecule has 0 bridgehead atoms. The number of hydrogen-bond donors (Lipinski definition) is 0. The Hall–Kier alpha value is -4.03. The molecule has 6 heteroatoms. The van der Waals surface area contributed by atoms with Crippen molar-refractivity contribution in [2.45, 2.75) is 12.1 Å². The van der Waals surface area contributed by atoms with Crippen molar-refractivity contribution in [3.8, 4) is 0 Å². The molecule has 158 valence electrons. The first-order valence-corrected chi connectivity index (χ1v) is 10.4. The van der Waals surface area contributed by atoms with E-state index in [9.17, 15) is 14.9 Å². The average Bonchev–Trinajstić information content (AvgIpc) is 3.40. The normalized spacial score (nSPS) is 22.8. The highest BCUT2D eigenvalue weighted by Crippen LogP contribution is 2.43. The number of Topliss-reactive ketones (excluding diaryl/α,β-unsaturated/α-hetero) is 1. The van der Waals surface area contributed by atoms with E-state index in [2.05, 4.69) is 6.08 Å². The second kappa shape index (κ2) is 8.24. The predicted octanol–water partition coefficient (Wildman–Crippen LogP) is 5.24. The Bertz CT molecular complexity index is 1200. The summed E-state index contributed by atoms with van der Waals surface area (Å²) >= 11 is 0. The van der Waals surface area contributed by atoms with E-state index in [0.717, 1.165) is 16.8 Å². The number of carbonyl (C=O) groups excluding carboxylic acids is 1. The van der Waals surface area contributed by atoms with E-state index >= 15 is 0 Å². The lowest BCUT2D eigenvalue weighted by Crippen LogP contribution is -2.40. The molecule has 1 fully saturated rings. The molecule has 0 spiro atoms. The van der Waals surface area contributed by atoms with E-state index in [1.54, 1.807) is 5.06 Å². The van der Waals surface area contributed by atoms with Crippen molar-refractivity contribution in [3.63, 3.8) is 0 Å². The first-order chi connectivity index (χ1) is 15.6. The Morgan fingerprint density at radius 3 is 2.25 bits per heavy atom. The first-order valence-electron chi connectivity index (χ1n) is 10.4. The molecule has 1 aliphatic carbocycles. The van der Waals surface area contributed by atoms with E-state index in [1.165, 1.54) is 24.3 Å². The third-order valence-electron chi connectivity index (χ3n) is 5.82. The van der Waals surface area contributed by atoms with Crippen LogP contribution in [0.2, 0.25) is 0 Å². The topological polar surface area (TPSA) is 72.7 Å². The van der Waals surface area contributed by atoms with Crippen LogP contribution in [0.3, 0.4) is 0 Å². The van der Waals surface area contributed by atoms with Gasteiger partial charge < -0.3 is 0 Å². The number of nitro benzene ring substituents is 1. The number of anilines is 1. The fourth-order valence-corrected chi connectivity index (χ4v) is 4.30. The lowest BCUT2D eigenvalue weighted by Gasteiger charge is -2.26. The van der Waals surface area contributed by atoms with Crippen LogP contribution in [-0.4, -0.2) is 22.9 Å². The summed E-state index contributed by atoms with van der Waals surface area (Å²) in [4.78, 5) is 30.5. The summed E-state index contributed by atoms with van der Waals surface area (Å²) in [6, 6.07) is 24.6. The summed E-state index contributed by atoms with van der Waals surface area (Å²) in [5.41, 5.74) is 3.22. The summed E-state index contributed by atoms with van der Waals surface area (Å²) in [6.07, 6.45) is 5.81. The zero-order valence-corrected chi connectivity index (χ0v) is 17.1. The van der Waals surface area contributed by atoms with Crippen molar-refractivity contribution in [2.24, 2.45) is 5.92 Å². The highest BCUT2D eigenvalue weighted by Gasteiger charge is 2.50. The Morgan fingerprint density at radius 2 is 1.59 bits per heavy atom. The van der Waals surface area contributed by atoms with Gasteiger partial charge in [-0.05, 0) is 35.4 Å². The smallest absolute Gasteiger partial charge is 0.269 e. The highest BCUT2D eigenvalue weighted by molar-refractivity contribution is 6.03. The molecule has 1 saturated heterocycles. The molecule has 32 heavy (non-hydrogen) atoms. The molecule has 0 amide bonds. The van der Waals surface area contributed by atoms with E-state index in [0.29, 0.717) is 5.56 Å². The molecule has 1 heterocycles. The molecule has 3 aromatic carbocycles. The van der Waals surface area contributed by atoms with Gasteiger partial charge in [-0.1, -0.05) is 66.8 Å². The van der Waals surface area contributed by atoms with Crippen molar-refractivity contribution < 1.29 is 14.6 Å². The maximum atomic E-state index is 13.7. The number of rotatable bonds is 5. The van der Waals surface area contributed by atoms with Crippen molar-refractivity contribution in [1.29, 1.82) is 0 Å². The lowest BCUT2D eigenvalue weighted by molar-refractivity contribution is -0.384. The van der Waals surface area contributed by atoms with Gasteiger partial charge in [0.15, 0.2) is 5.78 Å². The number of hydrogen-bond acceptors (Lipinski definition) is 5. The Balaban J connectivity index is 1.55. The number of fused-ring (bicyclic) bond motifs is 1. The van der Waals surface area contributed by atoms with Gasteiger partial charge in [-0.3, -0.25) is 19.7 Å². The minimum Gasteiger partial charge on any atom is -0.292 e. The van der Waals surface area contributed by atoms with Crippen LogP contribution in [0.4, 0.5) is 11.4 Å². The van der Waals surface area contributed by atoms with Crippen LogP contribution in [0.1, 0.15) is 15.9 Å². The number of para-hydroxylation sites is 1. The Labute approximate surface area is 185 Å². The van der Waals surface area contributed by atoms with Crippen LogP contribution >= 0.6 is 0 Å². The molecule has 0 radical (unpaired) electrons. The minimum absolute atomic E-state index is 0.0470. The van der Waals surface area contributed by atoms with Crippen LogP contribution in [0, 0.1) is 16.0 Å². The molecule has 0 N–H and O–H groups in total. The molecule has 3 aromatic rings. The van der Waals surface area contributed by atoms with E-state index in [1.807, 2.05) is 72.8 Å². The molecule has 0 aromatic heterocycles. The molecule has 2 aliphatic rings. The van der Waals surface area contributed by atoms with Gasteiger partial charge in [0.2, 0.25) is 0 Å². The second-order valence-electron chi connectivity index (χ2n) is 7.78. The van der Waals surface area contributed by atoms with E-state index < -0.39 is 11.0 Å². The van der Waals surface area contributed by atoms with E-state index in [-0.39, 0.29) is 23.5 Å². The van der Waals surface area contributed by atoms with Crippen LogP contribution in [-0.2, 0) is 4.84 Å². The van der Waals surface area contributed by atoms with Crippen molar-refractivity contribution >= 4 is 23.2 Å². The fraction of sp³-hybridized carbons (Fsp3) is 0.115. The second-order valence-corrected chi connectivity index (χ2v) is 7.78. The Kier molecular flexibility index (Phi) is 5.13. The first kappa shape index (κ1) is 19.9. The molecule has 0 saturated carbocycles. The van der Waals surface area contributed by atoms with Gasteiger partial charge in [-0.25, -0.2) is 5.06 Å².